The van der Waals surface area contributed by atoms with Crippen LogP contribution in [0.5, 0.6) is 0 Å². The van der Waals surface area contributed by atoms with E-state index in [4.69, 9.17) is 0 Å². The molecule has 3 heterocycles. The zero-order valence-corrected chi connectivity index (χ0v) is 9.85. The topological polar surface area (TPSA) is 31.4 Å². The van der Waals surface area contributed by atoms with E-state index < -0.39 is 0 Å². The van der Waals surface area contributed by atoms with Gasteiger partial charge < -0.3 is 10.2 Å². The first-order chi connectivity index (χ1) is 7.75. The molecule has 1 aromatic rings. The van der Waals surface area contributed by atoms with Crippen molar-refractivity contribution in [3.63, 3.8) is 0 Å². The second kappa shape index (κ2) is 3.63. The van der Waals surface area contributed by atoms with Gasteiger partial charge in [0, 0.05) is 31.9 Å². The van der Waals surface area contributed by atoms with Gasteiger partial charge in [-0.25, -0.2) is 4.98 Å². The molecule has 86 valence electrons. The minimum Gasteiger partial charge on any atom is -0.361 e. The number of anilines is 2. The molecule has 2 aliphatic heterocycles. The Morgan fingerprint density at radius 3 is 3.12 bits per heavy atom. The van der Waals surface area contributed by atoms with Crippen molar-refractivity contribution in [2.45, 2.75) is 26.1 Å². The average Bonchev–Trinajstić information content (AvgIpc) is 2.66. The van der Waals surface area contributed by atoms with E-state index in [0.717, 1.165) is 25.5 Å². The maximum Gasteiger partial charge on any atom is 0.153 e. The van der Waals surface area contributed by atoms with E-state index in [-0.39, 0.29) is 0 Å². The molecular formula is C12H18N4. The van der Waals surface area contributed by atoms with E-state index in [0.29, 0.717) is 12.2 Å². The summed E-state index contributed by atoms with van der Waals surface area (Å²) in [5.74, 6) is 1.12. The van der Waals surface area contributed by atoms with Gasteiger partial charge in [0.05, 0.1) is 5.69 Å². The first-order valence-electron chi connectivity index (χ1n) is 5.98. The number of piperazine rings is 1. The van der Waals surface area contributed by atoms with Crippen molar-refractivity contribution >= 4 is 11.5 Å². The molecule has 0 aliphatic carbocycles. The Kier molecular flexibility index (Phi) is 2.24. The standard InChI is InChI=1S/C12H18N4/c1-9(2)15-6-7-16-11(8-15)14-10-4-3-5-13-12(10)16/h3-5,9,11,14H,6-8H2,1-2H3/t11-/m1/s1. The minimum atomic E-state index is 0.404. The third-order valence-electron chi connectivity index (χ3n) is 3.52. The highest BCUT2D eigenvalue weighted by Gasteiger charge is 2.34. The lowest BCUT2D eigenvalue weighted by Gasteiger charge is -2.39. The fourth-order valence-electron chi connectivity index (χ4n) is 2.57. The van der Waals surface area contributed by atoms with Crippen LogP contribution >= 0.6 is 0 Å². The van der Waals surface area contributed by atoms with Crippen LogP contribution < -0.4 is 10.2 Å². The van der Waals surface area contributed by atoms with Crippen LogP contribution in [0.3, 0.4) is 0 Å². The highest BCUT2D eigenvalue weighted by Crippen LogP contribution is 2.33. The van der Waals surface area contributed by atoms with Crippen molar-refractivity contribution in [2.24, 2.45) is 0 Å². The molecule has 4 nitrogen and oxygen atoms in total. The molecule has 1 atom stereocenters. The van der Waals surface area contributed by atoms with Gasteiger partial charge in [0.1, 0.15) is 6.17 Å². The molecule has 1 saturated heterocycles. The molecule has 3 rings (SSSR count). The van der Waals surface area contributed by atoms with Crippen LogP contribution in [0.25, 0.3) is 0 Å². The maximum absolute atomic E-state index is 4.46. The molecule has 0 radical (unpaired) electrons. The number of pyridine rings is 1. The zero-order chi connectivity index (χ0) is 11.1. The summed E-state index contributed by atoms with van der Waals surface area (Å²) in [7, 11) is 0. The Balaban J connectivity index is 1.82. The highest BCUT2D eigenvalue weighted by molar-refractivity contribution is 5.72. The van der Waals surface area contributed by atoms with Gasteiger partial charge in [0.2, 0.25) is 0 Å². The predicted molar refractivity (Wildman–Crippen MR) is 65.7 cm³/mol. The maximum atomic E-state index is 4.46. The van der Waals surface area contributed by atoms with Crippen LogP contribution in [0.15, 0.2) is 18.3 Å². The van der Waals surface area contributed by atoms with Crippen LogP contribution in [0.4, 0.5) is 11.5 Å². The van der Waals surface area contributed by atoms with E-state index in [2.05, 4.69) is 40.0 Å². The molecule has 1 aromatic heterocycles. The lowest BCUT2D eigenvalue weighted by molar-refractivity contribution is 0.190. The van der Waals surface area contributed by atoms with Crippen molar-refractivity contribution in [3.8, 4) is 0 Å². The molecule has 0 aromatic carbocycles. The minimum absolute atomic E-state index is 0.404. The molecular weight excluding hydrogens is 200 g/mol. The number of aromatic nitrogens is 1. The molecule has 16 heavy (non-hydrogen) atoms. The third-order valence-corrected chi connectivity index (χ3v) is 3.52. The van der Waals surface area contributed by atoms with E-state index in [1.54, 1.807) is 0 Å². The summed E-state index contributed by atoms with van der Waals surface area (Å²) in [5.41, 5.74) is 1.18. The Morgan fingerprint density at radius 1 is 1.44 bits per heavy atom. The highest BCUT2D eigenvalue weighted by atomic mass is 15.4. The van der Waals surface area contributed by atoms with Gasteiger partial charge >= 0.3 is 0 Å². The van der Waals surface area contributed by atoms with Crippen LogP contribution in [-0.4, -0.2) is 41.7 Å². The number of hydrogen-bond acceptors (Lipinski definition) is 4. The van der Waals surface area contributed by atoms with Gasteiger partial charge in [-0.1, -0.05) is 0 Å². The molecule has 2 aliphatic rings. The summed E-state index contributed by atoms with van der Waals surface area (Å²) >= 11 is 0. The Labute approximate surface area is 96.3 Å². The van der Waals surface area contributed by atoms with Gasteiger partial charge in [0.25, 0.3) is 0 Å². The predicted octanol–water partition coefficient (Wildman–Crippen LogP) is 1.36. The van der Waals surface area contributed by atoms with Gasteiger partial charge in [-0.3, -0.25) is 4.90 Å². The summed E-state index contributed by atoms with van der Waals surface area (Å²) in [6.45, 7) is 7.80. The molecule has 1 fully saturated rings. The van der Waals surface area contributed by atoms with Crippen molar-refractivity contribution < 1.29 is 0 Å². The summed E-state index contributed by atoms with van der Waals surface area (Å²) in [6, 6.07) is 4.73. The van der Waals surface area contributed by atoms with E-state index in [1.807, 2.05) is 12.3 Å². The normalized spacial score (nSPS) is 24.2. The quantitative estimate of drug-likeness (QED) is 0.771. The molecule has 4 heteroatoms. The molecule has 0 bridgehead atoms. The molecule has 1 N–H and O–H groups in total. The van der Waals surface area contributed by atoms with E-state index in [9.17, 15) is 0 Å². The van der Waals surface area contributed by atoms with E-state index >= 15 is 0 Å². The van der Waals surface area contributed by atoms with Crippen molar-refractivity contribution in [1.82, 2.24) is 9.88 Å². The summed E-state index contributed by atoms with van der Waals surface area (Å²) in [6.07, 6.45) is 2.28. The Bertz CT molecular complexity index is 390. The van der Waals surface area contributed by atoms with E-state index in [1.165, 1.54) is 5.69 Å². The van der Waals surface area contributed by atoms with Crippen LogP contribution in [0.1, 0.15) is 13.8 Å². The molecule has 0 unspecified atom stereocenters. The Hall–Kier alpha value is -1.29. The average molecular weight is 218 g/mol. The van der Waals surface area contributed by atoms with Gasteiger partial charge in [-0.2, -0.15) is 0 Å². The van der Waals surface area contributed by atoms with Gasteiger partial charge in [-0.15, -0.1) is 0 Å². The fourth-order valence-corrected chi connectivity index (χ4v) is 2.57. The van der Waals surface area contributed by atoms with Crippen LogP contribution in [0, 0.1) is 0 Å². The molecule has 0 amide bonds. The SMILES string of the molecule is CC(C)N1CCN2c3ncccc3N[C@H]2C1. The van der Waals surface area contributed by atoms with Crippen molar-refractivity contribution in [2.75, 3.05) is 29.9 Å². The van der Waals surface area contributed by atoms with Crippen molar-refractivity contribution in [3.05, 3.63) is 18.3 Å². The zero-order valence-electron chi connectivity index (χ0n) is 9.85. The Morgan fingerprint density at radius 2 is 2.31 bits per heavy atom. The lowest BCUT2D eigenvalue weighted by atomic mass is 10.2. The summed E-state index contributed by atoms with van der Waals surface area (Å²) < 4.78 is 0. The second-order valence-corrected chi connectivity index (χ2v) is 4.82. The third kappa shape index (κ3) is 1.45. The molecule has 0 saturated carbocycles. The summed E-state index contributed by atoms with van der Waals surface area (Å²) in [4.78, 5) is 9.36. The number of rotatable bonds is 1. The van der Waals surface area contributed by atoms with Gasteiger partial charge in [-0.05, 0) is 26.0 Å². The number of nitrogens with zero attached hydrogens (tertiary/aromatic N) is 3. The van der Waals surface area contributed by atoms with Crippen LogP contribution in [0.2, 0.25) is 0 Å². The van der Waals surface area contributed by atoms with Crippen LogP contribution in [-0.2, 0) is 0 Å². The summed E-state index contributed by atoms with van der Waals surface area (Å²) in [5, 5.41) is 3.54. The second-order valence-electron chi connectivity index (χ2n) is 4.82. The lowest BCUT2D eigenvalue weighted by Crippen LogP contribution is -2.55. The number of fused-ring (bicyclic) bond motifs is 3. The first kappa shape index (κ1) is 9.90. The number of nitrogens with one attached hydrogen (secondary N) is 1. The number of hydrogen-bond donors (Lipinski definition) is 1. The van der Waals surface area contributed by atoms with Gasteiger partial charge in [0.15, 0.2) is 5.82 Å². The smallest absolute Gasteiger partial charge is 0.153 e. The molecule has 0 spiro atoms. The first-order valence-corrected chi connectivity index (χ1v) is 5.98. The van der Waals surface area contributed by atoms with Crippen molar-refractivity contribution in [1.29, 1.82) is 0 Å². The largest absolute Gasteiger partial charge is 0.361 e. The monoisotopic (exact) mass is 218 g/mol. The fraction of sp³-hybridized carbons (Fsp3) is 0.583.